The number of pyridine rings is 1. The second kappa shape index (κ2) is 7.39. The van der Waals surface area contributed by atoms with Crippen LogP contribution in [0.1, 0.15) is 49.5 Å². The van der Waals surface area contributed by atoms with Crippen molar-refractivity contribution in [2.24, 2.45) is 4.99 Å². The molecule has 2 fully saturated rings. The van der Waals surface area contributed by atoms with Crippen LogP contribution in [0.15, 0.2) is 47.6 Å². The molecule has 0 N–H and O–H groups in total. The van der Waals surface area contributed by atoms with E-state index in [-0.39, 0.29) is 17.9 Å². The largest absolute Gasteiger partial charge is 0.371 e. The Labute approximate surface area is 169 Å². The number of benzene rings is 1. The highest BCUT2D eigenvalue weighted by Crippen LogP contribution is 2.49. The third kappa shape index (κ3) is 2.98. The SMILES string of the molecule is CC[C@@H]1CSC2=N[C@H](c3ccccn3)[C@@H](c3ccc(N4CCCC4)cc3F)N21. The average molecular weight is 397 g/mol. The van der Waals surface area contributed by atoms with E-state index in [0.717, 1.165) is 47.4 Å². The van der Waals surface area contributed by atoms with Crippen molar-refractivity contribution in [3.05, 3.63) is 59.7 Å². The Kier molecular flexibility index (Phi) is 4.75. The van der Waals surface area contributed by atoms with E-state index in [1.54, 1.807) is 24.0 Å². The molecule has 1 aromatic carbocycles. The van der Waals surface area contributed by atoms with Crippen molar-refractivity contribution >= 4 is 22.6 Å². The maximum Gasteiger partial charge on any atom is 0.160 e. The second-order valence-electron chi connectivity index (χ2n) is 7.74. The molecule has 0 unspecified atom stereocenters. The number of aliphatic imine (C=N–C) groups is 1. The van der Waals surface area contributed by atoms with E-state index >= 15 is 4.39 Å². The number of fused-ring (bicyclic) bond motifs is 1. The van der Waals surface area contributed by atoms with Crippen LogP contribution in [-0.2, 0) is 0 Å². The number of nitrogens with zero attached hydrogens (tertiary/aromatic N) is 4. The smallest absolute Gasteiger partial charge is 0.160 e. The van der Waals surface area contributed by atoms with Crippen molar-refractivity contribution < 1.29 is 4.39 Å². The lowest BCUT2D eigenvalue weighted by Crippen LogP contribution is -2.35. The third-order valence-electron chi connectivity index (χ3n) is 6.10. The Hall–Kier alpha value is -2.08. The number of halogens is 1. The number of anilines is 1. The van der Waals surface area contributed by atoms with Crippen LogP contribution in [-0.4, -0.2) is 39.9 Å². The van der Waals surface area contributed by atoms with Gasteiger partial charge in [-0.2, -0.15) is 0 Å². The summed E-state index contributed by atoms with van der Waals surface area (Å²) >= 11 is 1.79. The molecule has 0 amide bonds. The third-order valence-corrected chi connectivity index (χ3v) is 7.23. The van der Waals surface area contributed by atoms with Gasteiger partial charge in [-0.15, -0.1) is 0 Å². The minimum absolute atomic E-state index is 0.126. The number of thioether (sulfide) groups is 1. The zero-order chi connectivity index (χ0) is 19.1. The van der Waals surface area contributed by atoms with Crippen molar-refractivity contribution in [2.75, 3.05) is 23.7 Å². The van der Waals surface area contributed by atoms with Gasteiger partial charge in [-0.25, -0.2) is 4.39 Å². The van der Waals surface area contributed by atoms with Gasteiger partial charge in [0.15, 0.2) is 5.17 Å². The van der Waals surface area contributed by atoms with Crippen molar-refractivity contribution in [3.63, 3.8) is 0 Å². The molecular weight excluding hydrogens is 371 g/mol. The van der Waals surface area contributed by atoms with Crippen LogP contribution >= 0.6 is 11.8 Å². The van der Waals surface area contributed by atoms with Crippen molar-refractivity contribution in [3.8, 4) is 0 Å². The first-order chi connectivity index (χ1) is 13.8. The molecule has 6 heteroatoms. The lowest BCUT2D eigenvalue weighted by molar-refractivity contribution is 0.250. The Morgan fingerprint density at radius 3 is 2.75 bits per heavy atom. The van der Waals surface area contributed by atoms with Crippen molar-refractivity contribution in [1.82, 2.24) is 9.88 Å². The molecule has 28 heavy (non-hydrogen) atoms. The standard InChI is InChI=1S/C22H25FN4S/c1-2-15-14-28-22-25-20(19-7-3-4-10-24-19)21(27(15)22)17-9-8-16(13-18(17)23)26-11-5-6-12-26/h3-4,7-10,13,15,20-21H,2,5-6,11-12,14H2,1H3/t15-,20-,21-/m1/s1. The van der Waals surface area contributed by atoms with E-state index in [2.05, 4.69) is 27.8 Å². The van der Waals surface area contributed by atoms with Gasteiger partial charge in [0.25, 0.3) is 0 Å². The predicted octanol–water partition coefficient (Wildman–Crippen LogP) is 4.80. The van der Waals surface area contributed by atoms with Crippen LogP contribution in [0.25, 0.3) is 0 Å². The fourth-order valence-electron chi connectivity index (χ4n) is 4.61. The number of rotatable bonds is 4. The fourth-order valence-corrected chi connectivity index (χ4v) is 5.95. The van der Waals surface area contributed by atoms with Crippen LogP contribution in [0.4, 0.5) is 10.1 Å². The Morgan fingerprint density at radius 2 is 2.04 bits per heavy atom. The van der Waals surface area contributed by atoms with Gasteiger partial charge in [-0.1, -0.05) is 30.8 Å². The molecule has 146 valence electrons. The molecule has 0 bridgehead atoms. The molecule has 2 aromatic rings. The minimum Gasteiger partial charge on any atom is -0.371 e. The molecule has 0 spiro atoms. The van der Waals surface area contributed by atoms with E-state index in [9.17, 15) is 0 Å². The topological polar surface area (TPSA) is 31.7 Å². The van der Waals surface area contributed by atoms with Crippen LogP contribution in [0.3, 0.4) is 0 Å². The van der Waals surface area contributed by atoms with Crippen LogP contribution in [0.2, 0.25) is 0 Å². The molecule has 0 radical (unpaired) electrons. The molecule has 1 aromatic heterocycles. The maximum absolute atomic E-state index is 15.4. The van der Waals surface area contributed by atoms with E-state index in [4.69, 9.17) is 4.99 Å². The van der Waals surface area contributed by atoms with E-state index < -0.39 is 0 Å². The summed E-state index contributed by atoms with van der Waals surface area (Å²) in [6, 6.07) is 11.8. The summed E-state index contributed by atoms with van der Waals surface area (Å²) in [5, 5.41) is 1.04. The summed E-state index contributed by atoms with van der Waals surface area (Å²) < 4.78 is 15.4. The normalized spacial score (nSPS) is 26.6. The highest BCUT2D eigenvalue weighted by molar-refractivity contribution is 8.14. The predicted molar refractivity (Wildman–Crippen MR) is 113 cm³/mol. The highest BCUT2D eigenvalue weighted by atomic mass is 32.2. The number of aromatic nitrogens is 1. The molecule has 3 aliphatic heterocycles. The summed E-state index contributed by atoms with van der Waals surface area (Å²) in [4.78, 5) is 14.2. The average Bonchev–Trinajstić information content (AvgIpc) is 3.45. The van der Waals surface area contributed by atoms with Crippen LogP contribution in [0.5, 0.6) is 0 Å². The zero-order valence-corrected chi connectivity index (χ0v) is 16.9. The number of hydrogen-bond donors (Lipinski definition) is 0. The van der Waals surface area contributed by atoms with Crippen molar-refractivity contribution in [2.45, 2.75) is 44.3 Å². The van der Waals surface area contributed by atoms with Gasteiger partial charge in [0.05, 0.1) is 11.7 Å². The van der Waals surface area contributed by atoms with Gasteiger partial charge in [0.2, 0.25) is 0 Å². The monoisotopic (exact) mass is 396 g/mol. The van der Waals surface area contributed by atoms with Crippen LogP contribution in [0, 0.1) is 5.82 Å². The van der Waals surface area contributed by atoms with E-state index in [1.165, 1.54) is 12.8 Å². The first-order valence-electron chi connectivity index (χ1n) is 10.2. The second-order valence-corrected chi connectivity index (χ2v) is 8.72. The summed E-state index contributed by atoms with van der Waals surface area (Å²) in [7, 11) is 0. The molecule has 5 rings (SSSR count). The summed E-state index contributed by atoms with van der Waals surface area (Å²) in [5.41, 5.74) is 2.64. The minimum atomic E-state index is -0.162. The highest BCUT2D eigenvalue weighted by Gasteiger charge is 2.46. The quantitative estimate of drug-likeness (QED) is 0.743. The maximum atomic E-state index is 15.4. The molecule has 0 saturated carbocycles. The van der Waals surface area contributed by atoms with Gasteiger partial charge in [0, 0.05) is 42.3 Å². The summed E-state index contributed by atoms with van der Waals surface area (Å²) in [6.07, 6.45) is 5.21. The van der Waals surface area contributed by atoms with E-state index in [1.807, 2.05) is 24.3 Å². The fraction of sp³-hybridized carbons (Fsp3) is 0.455. The molecule has 3 aliphatic rings. The first kappa shape index (κ1) is 18.0. The van der Waals surface area contributed by atoms with Gasteiger partial charge in [-0.05, 0) is 43.5 Å². The summed E-state index contributed by atoms with van der Waals surface area (Å²) in [6.45, 7) is 4.24. The lowest BCUT2D eigenvalue weighted by atomic mass is 9.94. The Morgan fingerprint density at radius 1 is 1.18 bits per heavy atom. The summed E-state index contributed by atoms with van der Waals surface area (Å²) in [5.74, 6) is 0.896. The molecule has 0 aliphatic carbocycles. The molecule has 4 nitrogen and oxygen atoms in total. The van der Waals surface area contributed by atoms with Gasteiger partial charge < -0.3 is 9.80 Å². The molecule has 2 saturated heterocycles. The Bertz CT molecular complexity index is 881. The molecule has 4 heterocycles. The van der Waals surface area contributed by atoms with Gasteiger partial charge >= 0.3 is 0 Å². The molecular formula is C22H25FN4S. The van der Waals surface area contributed by atoms with Crippen molar-refractivity contribution in [1.29, 1.82) is 0 Å². The molecule has 3 atom stereocenters. The van der Waals surface area contributed by atoms with Gasteiger partial charge in [0.1, 0.15) is 11.9 Å². The van der Waals surface area contributed by atoms with Crippen LogP contribution < -0.4 is 4.90 Å². The van der Waals surface area contributed by atoms with E-state index in [0.29, 0.717) is 6.04 Å². The number of hydrogen-bond acceptors (Lipinski definition) is 5. The lowest BCUT2D eigenvalue weighted by Gasteiger charge is -2.32. The van der Waals surface area contributed by atoms with Gasteiger partial charge in [-0.3, -0.25) is 9.98 Å². The zero-order valence-electron chi connectivity index (χ0n) is 16.1. The number of amidine groups is 1. The Balaban J connectivity index is 1.55. The first-order valence-corrected chi connectivity index (χ1v) is 11.2.